The Bertz CT molecular complexity index is 765. The van der Waals surface area contributed by atoms with Crippen molar-refractivity contribution in [2.75, 3.05) is 49.5 Å². The minimum atomic E-state index is -0.448. The van der Waals surface area contributed by atoms with E-state index in [2.05, 4.69) is 36.1 Å². The SMILES string of the molecule is O=[N+]([O-])c1c(Nc2ccc(Br)cc2)ncnc1N1CCN(CCO)CC1. The topological polar surface area (TPSA) is 108 Å². The first-order valence-electron chi connectivity index (χ1n) is 8.18. The first-order chi connectivity index (χ1) is 12.6. The largest absolute Gasteiger partial charge is 0.395 e. The van der Waals surface area contributed by atoms with Crippen LogP contribution in [0.15, 0.2) is 35.1 Å². The number of nitro groups is 1. The van der Waals surface area contributed by atoms with Crippen LogP contribution >= 0.6 is 15.9 Å². The van der Waals surface area contributed by atoms with Crippen LogP contribution in [0, 0.1) is 10.1 Å². The number of aromatic nitrogens is 2. The highest BCUT2D eigenvalue weighted by molar-refractivity contribution is 9.10. The molecule has 0 spiro atoms. The highest BCUT2D eigenvalue weighted by Gasteiger charge is 2.29. The molecular weight excluding hydrogens is 404 g/mol. The maximum absolute atomic E-state index is 11.7. The molecule has 1 aromatic heterocycles. The molecule has 2 heterocycles. The monoisotopic (exact) mass is 422 g/mol. The fourth-order valence-electron chi connectivity index (χ4n) is 2.86. The highest BCUT2D eigenvalue weighted by atomic mass is 79.9. The molecule has 0 saturated carbocycles. The van der Waals surface area contributed by atoms with Gasteiger partial charge < -0.3 is 15.3 Å². The zero-order valence-electron chi connectivity index (χ0n) is 14.0. The number of rotatable bonds is 6. The van der Waals surface area contributed by atoms with Gasteiger partial charge in [0, 0.05) is 42.9 Å². The average molecular weight is 423 g/mol. The third-order valence-corrected chi connectivity index (χ3v) is 4.71. The second kappa shape index (κ2) is 8.39. The lowest BCUT2D eigenvalue weighted by Gasteiger charge is -2.34. The lowest BCUT2D eigenvalue weighted by Crippen LogP contribution is -2.47. The normalized spacial score (nSPS) is 15.1. The van der Waals surface area contributed by atoms with E-state index < -0.39 is 4.92 Å². The number of hydrogen-bond donors (Lipinski definition) is 2. The summed E-state index contributed by atoms with van der Waals surface area (Å²) in [6.07, 6.45) is 1.34. The van der Waals surface area contributed by atoms with Gasteiger partial charge in [0.2, 0.25) is 11.6 Å². The zero-order valence-corrected chi connectivity index (χ0v) is 15.6. The van der Waals surface area contributed by atoms with Crippen LogP contribution in [0.4, 0.5) is 23.0 Å². The van der Waals surface area contributed by atoms with Crippen molar-refractivity contribution in [3.63, 3.8) is 0 Å². The number of nitrogens with one attached hydrogen (secondary N) is 1. The van der Waals surface area contributed by atoms with Crippen LogP contribution in [0.1, 0.15) is 0 Å². The highest BCUT2D eigenvalue weighted by Crippen LogP contribution is 2.34. The van der Waals surface area contributed by atoms with E-state index >= 15 is 0 Å². The van der Waals surface area contributed by atoms with Gasteiger partial charge in [0.05, 0.1) is 11.5 Å². The summed E-state index contributed by atoms with van der Waals surface area (Å²) in [5.41, 5.74) is 0.569. The molecule has 9 nitrogen and oxygen atoms in total. The van der Waals surface area contributed by atoms with E-state index in [0.717, 1.165) is 17.6 Å². The van der Waals surface area contributed by atoms with E-state index in [1.165, 1.54) is 6.33 Å². The number of hydrogen-bond acceptors (Lipinski definition) is 8. The summed E-state index contributed by atoms with van der Waals surface area (Å²) in [5.74, 6) is 0.480. The molecule has 10 heteroatoms. The standard InChI is InChI=1S/C16H19BrN6O3/c17-12-1-3-13(4-2-12)20-15-14(23(25)26)16(19-11-18-15)22-7-5-21(6-8-22)9-10-24/h1-4,11,24H,5-10H2,(H,18,19,20). The van der Waals surface area contributed by atoms with Crippen molar-refractivity contribution in [1.82, 2.24) is 14.9 Å². The molecule has 26 heavy (non-hydrogen) atoms. The molecule has 0 amide bonds. The second-order valence-electron chi connectivity index (χ2n) is 5.84. The quantitative estimate of drug-likeness (QED) is 0.537. The number of aliphatic hydroxyl groups excluding tert-OH is 1. The van der Waals surface area contributed by atoms with Crippen LogP contribution < -0.4 is 10.2 Å². The Hall–Kier alpha value is -2.30. The number of halogens is 1. The summed E-state index contributed by atoms with van der Waals surface area (Å²) < 4.78 is 0.918. The van der Waals surface area contributed by atoms with Crippen LogP contribution in [0.3, 0.4) is 0 Å². The number of aliphatic hydroxyl groups is 1. The first-order valence-corrected chi connectivity index (χ1v) is 8.98. The Kier molecular flexibility index (Phi) is 5.96. The summed E-state index contributed by atoms with van der Waals surface area (Å²) in [6.45, 7) is 3.37. The summed E-state index contributed by atoms with van der Waals surface area (Å²) >= 11 is 3.36. The predicted octanol–water partition coefficient (Wildman–Crippen LogP) is 2.01. The molecule has 0 bridgehead atoms. The van der Waals surface area contributed by atoms with Crippen LogP contribution in [0.2, 0.25) is 0 Å². The van der Waals surface area contributed by atoms with Gasteiger partial charge in [-0.2, -0.15) is 0 Å². The molecule has 2 N–H and O–H groups in total. The summed E-state index contributed by atoms with van der Waals surface area (Å²) in [4.78, 5) is 23.5. The van der Waals surface area contributed by atoms with Gasteiger partial charge >= 0.3 is 5.69 Å². The van der Waals surface area contributed by atoms with Crippen molar-refractivity contribution in [2.45, 2.75) is 0 Å². The molecule has 0 atom stereocenters. The zero-order chi connectivity index (χ0) is 18.5. The molecule has 0 unspecified atom stereocenters. The maximum Gasteiger partial charge on any atom is 0.353 e. The fraction of sp³-hybridized carbons (Fsp3) is 0.375. The van der Waals surface area contributed by atoms with Crippen molar-refractivity contribution < 1.29 is 10.0 Å². The molecule has 3 rings (SSSR count). The van der Waals surface area contributed by atoms with E-state index in [1.54, 1.807) is 0 Å². The second-order valence-corrected chi connectivity index (χ2v) is 6.75. The van der Waals surface area contributed by atoms with Crippen molar-refractivity contribution in [3.8, 4) is 0 Å². The van der Waals surface area contributed by atoms with Gasteiger partial charge in [-0.1, -0.05) is 15.9 Å². The van der Waals surface area contributed by atoms with Crippen molar-refractivity contribution >= 4 is 38.9 Å². The first kappa shape index (κ1) is 18.5. The van der Waals surface area contributed by atoms with Gasteiger partial charge in [-0.05, 0) is 24.3 Å². The average Bonchev–Trinajstić information content (AvgIpc) is 2.64. The third-order valence-electron chi connectivity index (χ3n) is 4.18. The van der Waals surface area contributed by atoms with E-state index in [0.29, 0.717) is 31.1 Å². The Morgan fingerprint density at radius 1 is 1.19 bits per heavy atom. The summed E-state index contributed by atoms with van der Waals surface area (Å²) in [5, 5.41) is 23.7. The van der Waals surface area contributed by atoms with Gasteiger partial charge in [0.1, 0.15) is 6.33 Å². The van der Waals surface area contributed by atoms with E-state index in [1.807, 2.05) is 29.2 Å². The van der Waals surface area contributed by atoms with Crippen LogP contribution in [-0.2, 0) is 0 Å². The number of benzene rings is 1. The lowest BCUT2D eigenvalue weighted by atomic mass is 10.2. The minimum absolute atomic E-state index is 0.106. The van der Waals surface area contributed by atoms with Crippen molar-refractivity contribution in [3.05, 3.63) is 45.2 Å². The van der Waals surface area contributed by atoms with E-state index in [9.17, 15) is 10.1 Å². The molecule has 1 aromatic carbocycles. The maximum atomic E-state index is 11.7. The summed E-state index contributed by atoms with van der Waals surface area (Å²) in [7, 11) is 0. The minimum Gasteiger partial charge on any atom is -0.395 e. The molecule has 1 fully saturated rings. The van der Waals surface area contributed by atoms with Gasteiger partial charge in [-0.25, -0.2) is 9.97 Å². The van der Waals surface area contributed by atoms with E-state index in [-0.39, 0.29) is 18.1 Å². The lowest BCUT2D eigenvalue weighted by molar-refractivity contribution is -0.383. The molecule has 138 valence electrons. The summed E-state index contributed by atoms with van der Waals surface area (Å²) in [6, 6.07) is 7.31. The smallest absolute Gasteiger partial charge is 0.353 e. The van der Waals surface area contributed by atoms with Gasteiger partial charge in [0.25, 0.3) is 0 Å². The third kappa shape index (κ3) is 4.26. The number of β-amino-alcohol motifs (C(OH)–C–C–N with tert-alkyl or cyclic N) is 1. The van der Waals surface area contributed by atoms with Crippen LogP contribution in [-0.4, -0.2) is 64.2 Å². The molecule has 1 aliphatic heterocycles. The molecule has 2 aromatic rings. The number of piperazine rings is 1. The molecule has 1 saturated heterocycles. The Labute approximate surface area is 158 Å². The molecule has 1 aliphatic rings. The molecule has 0 radical (unpaired) electrons. The van der Waals surface area contributed by atoms with Gasteiger partial charge in [0.15, 0.2) is 0 Å². The Balaban J connectivity index is 1.85. The van der Waals surface area contributed by atoms with E-state index in [4.69, 9.17) is 5.11 Å². The van der Waals surface area contributed by atoms with Crippen LogP contribution in [0.5, 0.6) is 0 Å². The number of anilines is 3. The Morgan fingerprint density at radius 3 is 2.50 bits per heavy atom. The molecular formula is C16H19BrN6O3. The van der Waals surface area contributed by atoms with Gasteiger partial charge in [-0.15, -0.1) is 0 Å². The Morgan fingerprint density at radius 2 is 1.88 bits per heavy atom. The van der Waals surface area contributed by atoms with Crippen molar-refractivity contribution in [1.29, 1.82) is 0 Å². The van der Waals surface area contributed by atoms with Crippen molar-refractivity contribution in [2.24, 2.45) is 0 Å². The van der Waals surface area contributed by atoms with Gasteiger partial charge in [-0.3, -0.25) is 15.0 Å². The predicted molar refractivity (Wildman–Crippen MR) is 102 cm³/mol. The number of nitrogens with zero attached hydrogens (tertiary/aromatic N) is 5. The van der Waals surface area contributed by atoms with Crippen LogP contribution in [0.25, 0.3) is 0 Å². The fourth-order valence-corrected chi connectivity index (χ4v) is 3.12. The molecule has 0 aliphatic carbocycles.